The topological polar surface area (TPSA) is 66.6 Å². The number of hydrogen-bond donors (Lipinski definition) is 1. The Morgan fingerprint density at radius 2 is 2.00 bits per heavy atom. The number of nitrogens with two attached hydrogens (primary N) is 1. The lowest BCUT2D eigenvalue weighted by Crippen LogP contribution is -2.51. The Morgan fingerprint density at radius 1 is 1.43 bits per heavy atom. The van der Waals surface area contributed by atoms with Gasteiger partial charge in [0.2, 0.25) is 0 Å². The van der Waals surface area contributed by atoms with Crippen molar-refractivity contribution in [2.75, 3.05) is 27.2 Å². The average molecular weight is 221 g/mol. The van der Waals surface area contributed by atoms with Crippen molar-refractivity contribution in [2.24, 2.45) is 11.7 Å². The molecule has 1 fully saturated rings. The van der Waals surface area contributed by atoms with E-state index in [9.17, 15) is 8.42 Å². The predicted molar refractivity (Wildman–Crippen MR) is 55.9 cm³/mol. The normalized spacial score (nSPS) is 30.9. The minimum Gasteiger partial charge on any atom is -0.327 e. The van der Waals surface area contributed by atoms with Crippen molar-refractivity contribution in [2.45, 2.75) is 19.4 Å². The summed E-state index contributed by atoms with van der Waals surface area (Å²) in [7, 11) is -0.145. The quantitative estimate of drug-likeness (QED) is 0.681. The molecule has 14 heavy (non-hydrogen) atoms. The first-order valence-corrected chi connectivity index (χ1v) is 6.18. The maximum absolute atomic E-state index is 11.7. The molecule has 6 heteroatoms. The number of piperidine rings is 1. The van der Waals surface area contributed by atoms with Gasteiger partial charge in [-0.3, -0.25) is 0 Å². The molecule has 2 N–H and O–H groups in total. The molecule has 0 spiro atoms. The first-order valence-electron chi connectivity index (χ1n) is 4.79. The Hall–Kier alpha value is -0.170. The van der Waals surface area contributed by atoms with E-state index in [1.165, 1.54) is 8.61 Å². The molecule has 0 amide bonds. The highest BCUT2D eigenvalue weighted by atomic mass is 32.2. The van der Waals surface area contributed by atoms with Crippen LogP contribution in [-0.4, -0.2) is 50.3 Å². The molecule has 0 saturated carbocycles. The molecule has 1 rings (SSSR count). The van der Waals surface area contributed by atoms with E-state index >= 15 is 0 Å². The van der Waals surface area contributed by atoms with Crippen LogP contribution in [0.25, 0.3) is 0 Å². The summed E-state index contributed by atoms with van der Waals surface area (Å²) in [6.07, 6.45) is 0.744. The van der Waals surface area contributed by atoms with Crippen LogP contribution < -0.4 is 5.73 Å². The first-order chi connectivity index (χ1) is 6.35. The van der Waals surface area contributed by atoms with Gasteiger partial charge in [-0.15, -0.1) is 0 Å². The second-order valence-electron chi connectivity index (χ2n) is 4.08. The third-order valence-electron chi connectivity index (χ3n) is 2.72. The summed E-state index contributed by atoms with van der Waals surface area (Å²) in [5.74, 6) is 0.235. The van der Waals surface area contributed by atoms with E-state index < -0.39 is 10.2 Å². The van der Waals surface area contributed by atoms with Crippen molar-refractivity contribution < 1.29 is 8.42 Å². The summed E-state index contributed by atoms with van der Waals surface area (Å²) in [5.41, 5.74) is 5.82. The van der Waals surface area contributed by atoms with Gasteiger partial charge in [-0.05, 0) is 12.3 Å². The third-order valence-corrected chi connectivity index (χ3v) is 4.63. The van der Waals surface area contributed by atoms with Crippen LogP contribution >= 0.6 is 0 Å². The maximum Gasteiger partial charge on any atom is 0.281 e. The minimum atomic E-state index is -3.25. The lowest BCUT2D eigenvalue weighted by atomic mass is 9.96. The van der Waals surface area contributed by atoms with Crippen molar-refractivity contribution in [3.05, 3.63) is 0 Å². The van der Waals surface area contributed by atoms with Crippen LogP contribution in [0.4, 0.5) is 0 Å². The summed E-state index contributed by atoms with van der Waals surface area (Å²) in [5, 5.41) is 0. The Bertz CT molecular complexity index is 289. The van der Waals surface area contributed by atoms with E-state index in [-0.39, 0.29) is 12.0 Å². The van der Waals surface area contributed by atoms with Crippen LogP contribution in [-0.2, 0) is 10.2 Å². The fraction of sp³-hybridized carbons (Fsp3) is 1.00. The molecule has 1 saturated heterocycles. The Labute approximate surface area is 86.0 Å². The predicted octanol–water partition coefficient (Wildman–Crippen LogP) is -0.538. The molecule has 2 unspecified atom stereocenters. The first kappa shape index (κ1) is 11.9. The Balaban J connectivity index is 2.73. The van der Waals surface area contributed by atoms with Crippen LogP contribution in [0, 0.1) is 5.92 Å². The fourth-order valence-electron chi connectivity index (χ4n) is 1.57. The van der Waals surface area contributed by atoms with E-state index in [1.54, 1.807) is 14.1 Å². The molecule has 0 radical (unpaired) electrons. The van der Waals surface area contributed by atoms with Crippen LogP contribution in [0.1, 0.15) is 13.3 Å². The van der Waals surface area contributed by atoms with E-state index in [4.69, 9.17) is 5.73 Å². The van der Waals surface area contributed by atoms with Crippen LogP contribution in [0.5, 0.6) is 0 Å². The van der Waals surface area contributed by atoms with Gasteiger partial charge in [0, 0.05) is 33.2 Å². The molecule has 2 atom stereocenters. The van der Waals surface area contributed by atoms with Gasteiger partial charge in [-0.2, -0.15) is 17.0 Å². The van der Waals surface area contributed by atoms with E-state index in [2.05, 4.69) is 0 Å². The zero-order valence-corrected chi connectivity index (χ0v) is 9.79. The number of hydrogen-bond acceptors (Lipinski definition) is 3. The Kier molecular flexibility index (Phi) is 3.52. The second kappa shape index (κ2) is 4.14. The summed E-state index contributed by atoms with van der Waals surface area (Å²) in [4.78, 5) is 0. The van der Waals surface area contributed by atoms with Crippen molar-refractivity contribution in [3.63, 3.8) is 0 Å². The average Bonchev–Trinajstić information content (AvgIpc) is 2.09. The van der Waals surface area contributed by atoms with Crippen LogP contribution in [0.2, 0.25) is 0 Å². The minimum absolute atomic E-state index is 0.128. The Morgan fingerprint density at radius 3 is 2.43 bits per heavy atom. The molecule has 5 nitrogen and oxygen atoms in total. The van der Waals surface area contributed by atoms with E-state index in [0.29, 0.717) is 13.1 Å². The van der Waals surface area contributed by atoms with Gasteiger partial charge < -0.3 is 5.73 Å². The van der Waals surface area contributed by atoms with Gasteiger partial charge in [0.05, 0.1) is 0 Å². The highest BCUT2D eigenvalue weighted by molar-refractivity contribution is 7.86. The molecule has 0 aliphatic carbocycles. The van der Waals surface area contributed by atoms with Gasteiger partial charge >= 0.3 is 0 Å². The van der Waals surface area contributed by atoms with Gasteiger partial charge in [0.15, 0.2) is 0 Å². The van der Waals surface area contributed by atoms with Gasteiger partial charge in [0.1, 0.15) is 0 Å². The van der Waals surface area contributed by atoms with Crippen LogP contribution in [0.15, 0.2) is 0 Å². The molecule has 0 aromatic heterocycles. The van der Waals surface area contributed by atoms with Crippen molar-refractivity contribution in [1.82, 2.24) is 8.61 Å². The molecule has 0 aromatic rings. The monoisotopic (exact) mass is 221 g/mol. The fourth-order valence-corrected chi connectivity index (χ4v) is 2.79. The van der Waals surface area contributed by atoms with E-state index in [0.717, 1.165) is 6.42 Å². The summed E-state index contributed by atoms with van der Waals surface area (Å²) in [6, 6.07) is 0.128. The standard InChI is InChI=1S/C8H19N3O2S/c1-7-6-11(5-4-8(7)9)14(12,13)10(2)3/h7-8H,4-6,9H2,1-3H3. The molecular formula is C8H19N3O2S. The summed E-state index contributed by atoms with van der Waals surface area (Å²) >= 11 is 0. The highest BCUT2D eigenvalue weighted by Gasteiger charge is 2.31. The molecule has 84 valence electrons. The van der Waals surface area contributed by atoms with Gasteiger partial charge in [-0.1, -0.05) is 6.92 Å². The third kappa shape index (κ3) is 2.25. The zero-order valence-electron chi connectivity index (χ0n) is 8.97. The van der Waals surface area contributed by atoms with Crippen molar-refractivity contribution in [1.29, 1.82) is 0 Å². The maximum atomic E-state index is 11.7. The number of rotatable bonds is 2. The zero-order chi connectivity index (χ0) is 10.9. The van der Waals surface area contributed by atoms with Gasteiger partial charge in [0.25, 0.3) is 10.2 Å². The lowest BCUT2D eigenvalue weighted by molar-refractivity contribution is 0.240. The molecular weight excluding hydrogens is 202 g/mol. The highest BCUT2D eigenvalue weighted by Crippen LogP contribution is 2.18. The molecule has 0 aromatic carbocycles. The van der Waals surface area contributed by atoms with Gasteiger partial charge in [-0.25, -0.2) is 0 Å². The molecule has 1 aliphatic rings. The SMILES string of the molecule is CC1CN(S(=O)(=O)N(C)C)CCC1N. The lowest BCUT2D eigenvalue weighted by Gasteiger charge is -2.35. The second-order valence-corrected chi connectivity index (χ2v) is 6.22. The van der Waals surface area contributed by atoms with Crippen molar-refractivity contribution in [3.8, 4) is 0 Å². The molecule has 0 bridgehead atoms. The largest absolute Gasteiger partial charge is 0.327 e. The smallest absolute Gasteiger partial charge is 0.281 e. The molecule has 1 aliphatic heterocycles. The van der Waals surface area contributed by atoms with E-state index in [1.807, 2.05) is 6.92 Å². The molecule has 1 heterocycles. The number of nitrogens with zero attached hydrogens (tertiary/aromatic N) is 2. The summed E-state index contributed by atoms with van der Waals surface area (Å²) < 4.78 is 26.2. The van der Waals surface area contributed by atoms with Crippen molar-refractivity contribution >= 4 is 10.2 Å². The summed E-state index contributed by atoms with van der Waals surface area (Å²) in [6.45, 7) is 3.05. The van der Waals surface area contributed by atoms with Crippen LogP contribution in [0.3, 0.4) is 0 Å².